The van der Waals surface area contributed by atoms with Gasteiger partial charge in [0.15, 0.2) is 0 Å². The van der Waals surface area contributed by atoms with Crippen molar-refractivity contribution in [2.24, 2.45) is 0 Å². The highest BCUT2D eigenvalue weighted by molar-refractivity contribution is 6.18. The van der Waals surface area contributed by atoms with E-state index in [-0.39, 0.29) is 6.04 Å². The summed E-state index contributed by atoms with van der Waals surface area (Å²) in [6, 6.07) is 8.66. The van der Waals surface area contributed by atoms with E-state index in [4.69, 9.17) is 16.3 Å². The van der Waals surface area contributed by atoms with Crippen molar-refractivity contribution in [3.8, 4) is 0 Å². The Morgan fingerprint density at radius 3 is 2.87 bits per heavy atom. The fourth-order valence-electron chi connectivity index (χ4n) is 1.44. The van der Waals surface area contributed by atoms with Crippen LogP contribution in [-0.4, -0.2) is 25.6 Å². The normalized spacial score (nSPS) is 12.7. The number of halogens is 1. The maximum absolute atomic E-state index is 5.80. The van der Waals surface area contributed by atoms with Crippen LogP contribution < -0.4 is 5.32 Å². The Hall–Kier alpha value is -0.570. The van der Waals surface area contributed by atoms with Gasteiger partial charge in [0, 0.05) is 25.6 Å². The lowest BCUT2D eigenvalue weighted by molar-refractivity contribution is 0.172. The molecule has 0 saturated carbocycles. The van der Waals surface area contributed by atoms with Gasteiger partial charge in [-0.3, -0.25) is 0 Å². The van der Waals surface area contributed by atoms with E-state index >= 15 is 0 Å². The molecule has 2 nitrogen and oxygen atoms in total. The van der Waals surface area contributed by atoms with Gasteiger partial charge in [0.25, 0.3) is 0 Å². The number of benzene rings is 1. The summed E-state index contributed by atoms with van der Waals surface area (Å²) in [6.07, 6.45) is 0. The first-order valence-corrected chi connectivity index (χ1v) is 5.63. The maximum atomic E-state index is 5.80. The van der Waals surface area contributed by atoms with E-state index in [1.807, 2.05) is 0 Å². The van der Waals surface area contributed by atoms with E-state index < -0.39 is 0 Å². The Bertz CT molecular complexity index is 291. The van der Waals surface area contributed by atoms with E-state index in [0.29, 0.717) is 12.5 Å². The lowest BCUT2D eigenvalue weighted by Gasteiger charge is -2.15. The zero-order chi connectivity index (χ0) is 11.1. The van der Waals surface area contributed by atoms with Gasteiger partial charge in [0.05, 0.1) is 6.61 Å². The lowest BCUT2D eigenvalue weighted by Crippen LogP contribution is -2.34. The average molecular weight is 228 g/mol. The summed E-state index contributed by atoms with van der Waals surface area (Å²) in [7, 11) is 1.69. The molecular formula is C12H18ClNO. The number of rotatable bonds is 6. The number of alkyl halides is 1. The van der Waals surface area contributed by atoms with Gasteiger partial charge in [0.1, 0.15) is 0 Å². The fraction of sp³-hybridized carbons (Fsp3) is 0.500. The van der Waals surface area contributed by atoms with Crippen molar-refractivity contribution in [2.75, 3.05) is 19.6 Å². The van der Waals surface area contributed by atoms with Gasteiger partial charge in [-0.1, -0.05) is 29.8 Å². The van der Waals surface area contributed by atoms with Gasteiger partial charge >= 0.3 is 0 Å². The molecule has 1 atom stereocenters. The summed E-state index contributed by atoms with van der Waals surface area (Å²) in [5.74, 6) is 0.569. The van der Waals surface area contributed by atoms with Crippen molar-refractivity contribution < 1.29 is 4.74 Å². The molecule has 0 aliphatic rings. The average Bonchev–Trinajstić information content (AvgIpc) is 2.24. The molecule has 1 aromatic carbocycles. The summed E-state index contributed by atoms with van der Waals surface area (Å²) in [5, 5.41) is 3.36. The first-order valence-electron chi connectivity index (χ1n) is 5.10. The topological polar surface area (TPSA) is 21.3 Å². The molecule has 0 saturated heterocycles. The van der Waals surface area contributed by atoms with Gasteiger partial charge in [-0.15, -0.1) is 11.6 Å². The molecule has 0 spiro atoms. The van der Waals surface area contributed by atoms with Gasteiger partial charge in [0.2, 0.25) is 0 Å². The number of hydrogen-bond acceptors (Lipinski definition) is 2. The molecule has 84 valence electrons. The molecule has 1 N–H and O–H groups in total. The molecule has 1 aromatic rings. The third-order valence-corrected chi connectivity index (χ3v) is 2.60. The number of nitrogens with one attached hydrogen (secondary N) is 1. The summed E-state index contributed by atoms with van der Waals surface area (Å²) in [6.45, 7) is 3.58. The first-order chi connectivity index (χ1) is 7.26. The van der Waals surface area contributed by atoms with Gasteiger partial charge in [-0.2, -0.15) is 0 Å². The Labute approximate surface area is 96.6 Å². The number of methoxy groups -OCH3 is 1. The van der Waals surface area contributed by atoms with Crippen molar-refractivity contribution in [1.82, 2.24) is 5.32 Å². The van der Waals surface area contributed by atoms with Crippen LogP contribution in [0.1, 0.15) is 11.1 Å². The third-order valence-electron chi connectivity index (χ3n) is 2.23. The van der Waals surface area contributed by atoms with Crippen molar-refractivity contribution >= 4 is 11.6 Å². The molecule has 0 bridgehead atoms. The van der Waals surface area contributed by atoms with E-state index in [9.17, 15) is 0 Å². The molecule has 0 aliphatic heterocycles. The minimum atomic E-state index is 0.220. The summed E-state index contributed by atoms with van der Waals surface area (Å²) >= 11 is 5.80. The molecule has 0 fully saturated rings. The SMILES string of the molecule is COCC(CCl)NCc1cccc(C)c1. The summed E-state index contributed by atoms with van der Waals surface area (Å²) in [4.78, 5) is 0. The van der Waals surface area contributed by atoms with Crippen molar-refractivity contribution in [3.05, 3.63) is 35.4 Å². The van der Waals surface area contributed by atoms with Crippen LogP contribution in [0.25, 0.3) is 0 Å². The van der Waals surface area contributed by atoms with Crippen LogP contribution in [0.15, 0.2) is 24.3 Å². The highest BCUT2D eigenvalue weighted by Gasteiger charge is 2.05. The highest BCUT2D eigenvalue weighted by Crippen LogP contribution is 2.04. The van der Waals surface area contributed by atoms with E-state index in [0.717, 1.165) is 6.54 Å². The van der Waals surface area contributed by atoms with Gasteiger partial charge < -0.3 is 10.1 Å². The number of hydrogen-bond donors (Lipinski definition) is 1. The minimum absolute atomic E-state index is 0.220. The molecule has 1 rings (SSSR count). The zero-order valence-electron chi connectivity index (χ0n) is 9.29. The molecule has 0 aromatic heterocycles. The van der Waals surface area contributed by atoms with Crippen LogP contribution in [0, 0.1) is 6.92 Å². The maximum Gasteiger partial charge on any atom is 0.0627 e. The van der Waals surface area contributed by atoms with E-state index in [2.05, 4.69) is 36.5 Å². The predicted octanol–water partition coefficient (Wildman–Crippen LogP) is 2.34. The lowest BCUT2D eigenvalue weighted by atomic mass is 10.1. The second kappa shape index (κ2) is 6.83. The van der Waals surface area contributed by atoms with E-state index in [1.165, 1.54) is 11.1 Å². The predicted molar refractivity (Wildman–Crippen MR) is 64.4 cm³/mol. The van der Waals surface area contributed by atoms with Crippen LogP contribution in [-0.2, 0) is 11.3 Å². The Morgan fingerprint density at radius 2 is 2.27 bits per heavy atom. The Morgan fingerprint density at radius 1 is 1.47 bits per heavy atom. The highest BCUT2D eigenvalue weighted by atomic mass is 35.5. The summed E-state index contributed by atoms with van der Waals surface area (Å²) < 4.78 is 5.06. The molecule has 0 radical (unpaired) electrons. The molecular weight excluding hydrogens is 210 g/mol. The minimum Gasteiger partial charge on any atom is -0.383 e. The third kappa shape index (κ3) is 4.65. The summed E-state index contributed by atoms with van der Waals surface area (Å²) in [5.41, 5.74) is 2.56. The van der Waals surface area contributed by atoms with Crippen LogP contribution in [0.5, 0.6) is 0 Å². The van der Waals surface area contributed by atoms with Crippen molar-refractivity contribution in [2.45, 2.75) is 19.5 Å². The quantitative estimate of drug-likeness (QED) is 0.754. The monoisotopic (exact) mass is 227 g/mol. The second-order valence-corrected chi connectivity index (χ2v) is 3.99. The second-order valence-electron chi connectivity index (χ2n) is 3.68. The molecule has 0 aliphatic carbocycles. The van der Waals surface area contributed by atoms with Crippen molar-refractivity contribution in [1.29, 1.82) is 0 Å². The van der Waals surface area contributed by atoms with Crippen LogP contribution >= 0.6 is 11.6 Å². The van der Waals surface area contributed by atoms with Crippen LogP contribution in [0.3, 0.4) is 0 Å². The number of ether oxygens (including phenoxy) is 1. The first kappa shape index (κ1) is 12.5. The molecule has 15 heavy (non-hydrogen) atoms. The van der Waals surface area contributed by atoms with Crippen LogP contribution in [0.2, 0.25) is 0 Å². The van der Waals surface area contributed by atoms with Gasteiger partial charge in [-0.25, -0.2) is 0 Å². The number of aryl methyl sites for hydroxylation is 1. The Kier molecular flexibility index (Phi) is 5.69. The molecule has 0 amide bonds. The Balaban J connectivity index is 2.41. The molecule has 3 heteroatoms. The molecule has 1 unspecified atom stereocenters. The van der Waals surface area contributed by atoms with Crippen LogP contribution in [0.4, 0.5) is 0 Å². The van der Waals surface area contributed by atoms with Crippen molar-refractivity contribution in [3.63, 3.8) is 0 Å². The van der Waals surface area contributed by atoms with Gasteiger partial charge in [-0.05, 0) is 12.5 Å². The standard InChI is InChI=1S/C12H18ClNO/c1-10-4-3-5-11(6-10)8-14-12(7-13)9-15-2/h3-6,12,14H,7-9H2,1-2H3. The fourth-order valence-corrected chi connectivity index (χ4v) is 1.64. The largest absolute Gasteiger partial charge is 0.383 e. The van der Waals surface area contributed by atoms with E-state index in [1.54, 1.807) is 7.11 Å². The molecule has 0 heterocycles. The zero-order valence-corrected chi connectivity index (χ0v) is 10.1. The smallest absolute Gasteiger partial charge is 0.0627 e.